The number of rotatable bonds is 1. The third-order valence-electron chi connectivity index (χ3n) is 1.59. The van der Waals surface area contributed by atoms with E-state index in [1.807, 2.05) is 0 Å². The van der Waals surface area contributed by atoms with E-state index in [9.17, 15) is 4.79 Å². The summed E-state index contributed by atoms with van der Waals surface area (Å²) in [5.41, 5.74) is -0.251. The SMILES string of the molecule is C.CC1=C(B(O)O)C(=O)OC(C)(C)O1. The number of hydrogen-bond donors (Lipinski definition) is 2. The zero-order valence-corrected chi connectivity index (χ0v) is 7.70. The van der Waals surface area contributed by atoms with Crippen LogP contribution in [0, 0.1) is 0 Å². The van der Waals surface area contributed by atoms with E-state index in [2.05, 4.69) is 0 Å². The van der Waals surface area contributed by atoms with Crippen molar-refractivity contribution < 1.29 is 24.3 Å². The molecular formula is C8H15BO5. The van der Waals surface area contributed by atoms with Gasteiger partial charge in [-0.25, -0.2) is 4.79 Å². The van der Waals surface area contributed by atoms with Crippen molar-refractivity contribution in [3.8, 4) is 0 Å². The zero-order chi connectivity index (χ0) is 10.2. The summed E-state index contributed by atoms with van der Waals surface area (Å²) in [6, 6.07) is 0. The molecule has 0 radical (unpaired) electrons. The maximum absolute atomic E-state index is 11.2. The molecule has 1 heterocycles. The Morgan fingerprint density at radius 1 is 1.29 bits per heavy atom. The highest BCUT2D eigenvalue weighted by molar-refractivity contribution is 6.58. The summed E-state index contributed by atoms with van der Waals surface area (Å²) >= 11 is 0. The molecular weight excluding hydrogens is 187 g/mol. The minimum atomic E-state index is -1.86. The van der Waals surface area contributed by atoms with Crippen LogP contribution in [-0.2, 0) is 14.3 Å². The Bertz CT molecular complexity index is 269. The average molecular weight is 202 g/mol. The van der Waals surface area contributed by atoms with Crippen LogP contribution >= 0.6 is 0 Å². The normalized spacial score (nSPS) is 19.4. The van der Waals surface area contributed by atoms with Gasteiger partial charge in [0.05, 0.1) is 0 Å². The third kappa shape index (κ3) is 2.49. The molecule has 0 saturated carbocycles. The number of cyclic esters (lactones) is 1. The van der Waals surface area contributed by atoms with E-state index in [1.165, 1.54) is 6.92 Å². The first-order valence-corrected chi connectivity index (χ1v) is 3.83. The van der Waals surface area contributed by atoms with Gasteiger partial charge in [-0.3, -0.25) is 0 Å². The van der Waals surface area contributed by atoms with Crippen LogP contribution in [0.2, 0.25) is 0 Å². The highest BCUT2D eigenvalue weighted by Crippen LogP contribution is 2.26. The Labute approximate surface area is 83.5 Å². The Morgan fingerprint density at radius 2 is 1.79 bits per heavy atom. The van der Waals surface area contributed by atoms with E-state index in [1.54, 1.807) is 13.8 Å². The summed E-state index contributed by atoms with van der Waals surface area (Å²) in [6.45, 7) is 4.61. The molecule has 0 aromatic heterocycles. The number of carbonyl (C=O) groups excluding carboxylic acids is 1. The predicted octanol–water partition coefficient (Wildman–Crippen LogP) is 0.218. The lowest BCUT2D eigenvalue weighted by molar-refractivity contribution is -0.206. The highest BCUT2D eigenvalue weighted by atomic mass is 16.7. The molecule has 1 rings (SSSR count). The third-order valence-corrected chi connectivity index (χ3v) is 1.59. The predicted molar refractivity (Wildman–Crippen MR) is 50.9 cm³/mol. The molecule has 14 heavy (non-hydrogen) atoms. The van der Waals surface area contributed by atoms with Gasteiger partial charge in [0.1, 0.15) is 11.2 Å². The van der Waals surface area contributed by atoms with Gasteiger partial charge >= 0.3 is 13.1 Å². The second-order valence-corrected chi connectivity index (χ2v) is 3.23. The summed E-state index contributed by atoms with van der Waals surface area (Å²) < 4.78 is 9.91. The van der Waals surface area contributed by atoms with Crippen LogP contribution in [0.4, 0.5) is 0 Å². The fourth-order valence-corrected chi connectivity index (χ4v) is 1.15. The molecule has 0 spiro atoms. The summed E-state index contributed by atoms with van der Waals surface area (Å²) in [7, 11) is -1.86. The molecule has 0 unspecified atom stereocenters. The van der Waals surface area contributed by atoms with Crippen molar-refractivity contribution in [3.05, 3.63) is 11.2 Å². The molecule has 0 aliphatic carbocycles. The number of hydrogen-bond acceptors (Lipinski definition) is 5. The lowest BCUT2D eigenvalue weighted by Crippen LogP contribution is -2.40. The van der Waals surface area contributed by atoms with E-state index in [4.69, 9.17) is 19.5 Å². The van der Waals surface area contributed by atoms with Crippen LogP contribution in [0.15, 0.2) is 11.2 Å². The number of allylic oxidation sites excluding steroid dienone is 1. The molecule has 0 aromatic carbocycles. The monoisotopic (exact) mass is 202 g/mol. The molecule has 0 saturated heterocycles. The van der Waals surface area contributed by atoms with Gasteiger partial charge < -0.3 is 19.5 Å². The lowest BCUT2D eigenvalue weighted by Gasteiger charge is -2.32. The smallest absolute Gasteiger partial charge is 0.458 e. The van der Waals surface area contributed by atoms with E-state index in [0.717, 1.165) is 0 Å². The largest absolute Gasteiger partial charge is 0.499 e. The van der Waals surface area contributed by atoms with Crippen LogP contribution in [-0.4, -0.2) is 28.9 Å². The number of esters is 1. The molecule has 0 fully saturated rings. The van der Waals surface area contributed by atoms with Gasteiger partial charge in [-0.15, -0.1) is 0 Å². The average Bonchev–Trinajstić information content (AvgIpc) is 1.78. The van der Waals surface area contributed by atoms with Crippen molar-refractivity contribution >= 4 is 13.1 Å². The quantitative estimate of drug-likeness (QED) is 0.469. The Morgan fingerprint density at radius 3 is 2.14 bits per heavy atom. The van der Waals surface area contributed by atoms with Crippen molar-refractivity contribution in [2.75, 3.05) is 0 Å². The van der Waals surface area contributed by atoms with Crippen molar-refractivity contribution in [3.63, 3.8) is 0 Å². The van der Waals surface area contributed by atoms with Gasteiger partial charge in [-0.05, 0) is 6.92 Å². The summed E-state index contributed by atoms with van der Waals surface area (Å²) in [4.78, 5) is 11.2. The highest BCUT2D eigenvalue weighted by Gasteiger charge is 2.38. The first-order chi connectivity index (χ1) is 5.83. The zero-order valence-electron chi connectivity index (χ0n) is 7.70. The first-order valence-electron chi connectivity index (χ1n) is 3.83. The minimum Gasteiger partial charge on any atom is -0.458 e. The van der Waals surface area contributed by atoms with E-state index in [0.29, 0.717) is 0 Å². The van der Waals surface area contributed by atoms with Gasteiger partial charge in [0.25, 0.3) is 0 Å². The Hall–Kier alpha value is -1.01. The second kappa shape index (κ2) is 4.02. The van der Waals surface area contributed by atoms with Gasteiger partial charge in [-0.1, -0.05) is 7.43 Å². The summed E-state index contributed by atoms with van der Waals surface area (Å²) in [5.74, 6) is -1.63. The molecule has 80 valence electrons. The van der Waals surface area contributed by atoms with E-state index >= 15 is 0 Å². The molecule has 1 aliphatic rings. The first kappa shape index (κ1) is 13.0. The van der Waals surface area contributed by atoms with Crippen LogP contribution in [0.25, 0.3) is 0 Å². The second-order valence-electron chi connectivity index (χ2n) is 3.23. The molecule has 0 atom stereocenters. The van der Waals surface area contributed by atoms with Crippen molar-refractivity contribution in [1.82, 2.24) is 0 Å². The van der Waals surface area contributed by atoms with Gasteiger partial charge in [0.15, 0.2) is 0 Å². The van der Waals surface area contributed by atoms with Gasteiger partial charge in [0.2, 0.25) is 5.79 Å². The maximum atomic E-state index is 11.2. The lowest BCUT2D eigenvalue weighted by atomic mass is 9.78. The molecule has 1 aliphatic heterocycles. The van der Waals surface area contributed by atoms with E-state index in [-0.39, 0.29) is 18.7 Å². The Balaban J connectivity index is 0.00000169. The van der Waals surface area contributed by atoms with Gasteiger partial charge in [-0.2, -0.15) is 0 Å². The molecule has 5 nitrogen and oxygen atoms in total. The van der Waals surface area contributed by atoms with Crippen LogP contribution in [0.3, 0.4) is 0 Å². The fraction of sp³-hybridized carbons (Fsp3) is 0.625. The van der Waals surface area contributed by atoms with Gasteiger partial charge in [0, 0.05) is 13.8 Å². The summed E-state index contributed by atoms with van der Waals surface area (Å²) in [6.07, 6.45) is 0. The molecule has 0 amide bonds. The van der Waals surface area contributed by atoms with Crippen molar-refractivity contribution in [2.45, 2.75) is 34.0 Å². The topological polar surface area (TPSA) is 76.0 Å². The molecule has 0 aromatic rings. The van der Waals surface area contributed by atoms with Crippen molar-refractivity contribution in [1.29, 1.82) is 0 Å². The Kier molecular flexibility index (Phi) is 3.73. The number of ether oxygens (including phenoxy) is 2. The maximum Gasteiger partial charge on any atom is 0.499 e. The van der Waals surface area contributed by atoms with E-state index < -0.39 is 18.9 Å². The van der Waals surface area contributed by atoms with Crippen LogP contribution in [0.1, 0.15) is 28.2 Å². The molecule has 0 bridgehead atoms. The van der Waals surface area contributed by atoms with Crippen LogP contribution in [0.5, 0.6) is 0 Å². The molecule has 6 heteroatoms. The summed E-state index contributed by atoms with van der Waals surface area (Å²) in [5, 5.41) is 17.6. The number of carbonyl (C=O) groups is 1. The fourth-order valence-electron chi connectivity index (χ4n) is 1.15. The minimum absolute atomic E-state index is 0. The molecule has 2 N–H and O–H groups in total. The van der Waals surface area contributed by atoms with Crippen molar-refractivity contribution in [2.24, 2.45) is 0 Å². The van der Waals surface area contributed by atoms with Crippen LogP contribution < -0.4 is 0 Å². The standard InChI is InChI=1S/C7H11BO5.CH4/c1-4-5(8(10)11)6(9)13-7(2,3)12-4;/h10-11H,1-3H3;1H4.